The Bertz CT molecular complexity index is 230. The highest BCUT2D eigenvalue weighted by Crippen LogP contribution is 1.96. The largest absolute Gasteiger partial charge is 0.473 e. The summed E-state index contributed by atoms with van der Waals surface area (Å²) in [6.07, 6.45) is 0. The van der Waals surface area contributed by atoms with E-state index in [-0.39, 0.29) is 12.6 Å². The lowest BCUT2D eigenvalue weighted by atomic mass is 10.1. The van der Waals surface area contributed by atoms with E-state index < -0.39 is 17.5 Å². The highest BCUT2D eigenvalue weighted by atomic mass is 16.5. The topological polar surface area (TPSA) is 127 Å². The van der Waals surface area contributed by atoms with Crippen molar-refractivity contribution in [1.29, 1.82) is 0 Å². The molecule has 7 heteroatoms. The lowest BCUT2D eigenvalue weighted by molar-refractivity contribution is -0.159. The maximum Gasteiger partial charge on any atom is 0.414 e. The molecule has 0 aromatic heterocycles. The fraction of sp³-hybridized carbons (Fsp3) is 0.625. The molecule has 0 bridgehead atoms. The Morgan fingerprint density at radius 2 is 1.53 bits per heavy atom. The second kappa shape index (κ2) is 6.77. The van der Waals surface area contributed by atoms with E-state index in [4.69, 9.17) is 25.5 Å². The Morgan fingerprint density at radius 3 is 1.60 bits per heavy atom. The molecule has 0 rings (SSSR count). The second-order valence-electron chi connectivity index (χ2n) is 3.38. The fourth-order valence-electron chi connectivity index (χ4n) is 0.288. The lowest BCUT2D eigenvalue weighted by Gasteiger charge is -2.16. The number of ether oxygens (including phenoxy) is 1. The zero-order chi connectivity index (χ0) is 12.6. The Kier molecular flexibility index (Phi) is 7.14. The molecule has 0 saturated carbocycles. The van der Waals surface area contributed by atoms with Gasteiger partial charge in [0.2, 0.25) is 0 Å². The molecule has 15 heavy (non-hydrogen) atoms. The van der Waals surface area contributed by atoms with Gasteiger partial charge in [-0.05, 0) is 13.8 Å². The standard InChI is InChI=1S/C6H13NO2.C2H2O4/c1-5(8)9-4-6(2,3)7;3-1(4)2(5)6/h4,7H2,1-3H3;(H,3,4)(H,5,6). The van der Waals surface area contributed by atoms with Gasteiger partial charge in [-0.2, -0.15) is 0 Å². The molecule has 0 amide bonds. The predicted octanol–water partition coefficient (Wildman–Crippen LogP) is -0.558. The average molecular weight is 221 g/mol. The van der Waals surface area contributed by atoms with Crippen molar-refractivity contribution in [2.75, 3.05) is 6.61 Å². The first kappa shape index (κ1) is 15.8. The first-order valence-electron chi connectivity index (χ1n) is 3.94. The number of esters is 1. The van der Waals surface area contributed by atoms with Crippen molar-refractivity contribution in [2.24, 2.45) is 5.73 Å². The minimum absolute atomic E-state index is 0.280. The van der Waals surface area contributed by atoms with E-state index in [1.165, 1.54) is 6.92 Å². The summed E-state index contributed by atoms with van der Waals surface area (Å²) in [5.74, 6) is -3.93. The monoisotopic (exact) mass is 221 g/mol. The summed E-state index contributed by atoms with van der Waals surface area (Å²) >= 11 is 0. The maximum atomic E-state index is 10.2. The maximum absolute atomic E-state index is 10.2. The number of nitrogens with two attached hydrogens (primary N) is 1. The van der Waals surface area contributed by atoms with Gasteiger partial charge in [-0.3, -0.25) is 4.79 Å². The van der Waals surface area contributed by atoms with E-state index >= 15 is 0 Å². The van der Waals surface area contributed by atoms with Crippen molar-refractivity contribution in [2.45, 2.75) is 26.3 Å². The van der Waals surface area contributed by atoms with Crippen LogP contribution in [0.15, 0.2) is 0 Å². The molecule has 0 atom stereocenters. The predicted molar refractivity (Wildman–Crippen MR) is 50.2 cm³/mol. The Morgan fingerprint density at radius 1 is 1.20 bits per heavy atom. The average Bonchev–Trinajstić information content (AvgIpc) is 2.00. The van der Waals surface area contributed by atoms with Crippen LogP contribution in [0.25, 0.3) is 0 Å². The molecule has 0 unspecified atom stereocenters. The van der Waals surface area contributed by atoms with Crippen molar-refractivity contribution >= 4 is 17.9 Å². The molecule has 0 fully saturated rings. The molecule has 0 saturated heterocycles. The number of carbonyl (C=O) groups is 3. The molecule has 88 valence electrons. The molecule has 4 N–H and O–H groups in total. The van der Waals surface area contributed by atoms with Gasteiger partial charge in [0, 0.05) is 12.5 Å². The normalized spacial score (nSPS) is 9.60. The zero-order valence-corrected chi connectivity index (χ0v) is 8.81. The Labute approximate surface area is 86.8 Å². The molecule has 0 aliphatic rings. The number of carbonyl (C=O) groups excluding carboxylic acids is 1. The minimum Gasteiger partial charge on any atom is -0.473 e. The van der Waals surface area contributed by atoms with Crippen LogP contribution in [0.5, 0.6) is 0 Å². The van der Waals surface area contributed by atoms with E-state index in [0.29, 0.717) is 0 Å². The van der Waals surface area contributed by atoms with E-state index in [1.54, 1.807) is 13.8 Å². The smallest absolute Gasteiger partial charge is 0.414 e. The summed E-state index contributed by atoms with van der Waals surface area (Å²) in [6.45, 7) is 5.25. The third kappa shape index (κ3) is 19.0. The number of aliphatic carboxylic acids is 2. The van der Waals surface area contributed by atoms with Crippen LogP contribution in [-0.4, -0.2) is 40.3 Å². The molecule has 0 aromatic carbocycles. The van der Waals surface area contributed by atoms with E-state index in [0.717, 1.165) is 0 Å². The van der Waals surface area contributed by atoms with Crippen molar-refractivity contribution in [1.82, 2.24) is 0 Å². The first-order valence-corrected chi connectivity index (χ1v) is 3.94. The van der Waals surface area contributed by atoms with Crippen LogP contribution in [0.3, 0.4) is 0 Å². The van der Waals surface area contributed by atoms with Gasteiger partial charge >= 0.3 is 17.9 Å². The van der Waals surface area contributed by atoms with Gasteiger partial charge in [-0.1, -0.05) is 0 Å². The highest BCUT2D eigenvalue weighted by Gasteiger charge is 2.11. The number of rotatable bonds is 2. The van der Waals surface area contributed by atoms with Crippen LogP contribution in [0, 0.1) is 0 Å². The van der Waals surface area contributed by atoms with E-state index in [9.17, 15) is 4.79 Å². The molecule has 0 spiro atoms. The van der Waals surface area contributed by atoms with Crippen LogP contribution in [0.1, 0.15) is 20.8 Å². The summed E-state index contributed by atoms with van der Waals surface area (Å²) < 4.78 is 4.64. The van der Waals surface area contributed by atoms with Crippen molar-refractivity contribution < 1.29 is 29.3 Å². The van der Waals surface area contributed by atoms with E-state index in [1.807, 2.05) is 0 Å². The second-order valence-corrected chi connectivity index (χ2v) is 3.38. The van der Waals surface area contributed by atoms with Crippen molar-refractivity contribution in [3.63, 3.8) is 0 Å². The van der Waals surface area contributed by atoms with Gasteiger partial charge in [-0.25, -0.2) is 9.59 Å². The molecular weight excluding hydrogens is 206 g/mol. The fourth-order valence-corrected chi connectivity index (χ4v) is 0.288. The molecule has 0 aromatic rings. The first-order chi connectivity index (χ1) is 6.56. The summed E-state index contributed by atoms with van der Waals surface area (Å²) in [7, 11) is 0. The van der Waals surface area contributed by atoms with Gasteiger partial charge in [-0.15, -0.1) is 0 Å². The molecule has 0 aliphatic heterocycles. The van der Waals surface area contributed by atoms with E-state index in [2.05, 4.69) is 4.74 Å². The van der Waals surface area contributed by atoms with Crippen molar-refractivity contribution in [3.8, 4) is 0 Å². The number of hydrogen-bond acceptors (Lipinski definition) is 5. The van der Waals surface area contributed by atoms with Gasteiger partial charge in [0.25, 0.3) is 0 Å². The summed E-state index contributed by atoms with van der Waals surface area (Å²) in [5.41, 5.74) is 5.10. The van der Waals surface area contributed by atoms with Crippen LogP contribution >= 0.6 is 0 Å². The van der Waals surface area contributed by atoms with Gasteiger partial charge in [0.1, 0.15) is 6.61 Å². The summed E-state index contributed by atoms with van der Waals surface area (Å²) in [4.78, 5) is 28.4. The Hall–Kier alpha value is -1.63. The lowest BCUT2D eigenvalue weighted by Crippen LogP contribution is -2.38. The zero-order valence-electron chi connectivity index (χ0n) is 8.81. The Balaban J connectivity index is 0. The van der Waals surface area contributed by atoms with Crippen LogP contribution in [-0.2, 0) is 19.1 Å². The number of carboxylic acids is 2. The van der Waals surface area contributed by atoms with Crippen LogP contribution in [0.2, 0.25) is 0 Å². The molecular formula is C8H15NO6. The van der Waals surface area contributed by atoms with Crippen LogP contribution in [0.4, 0.5) is 0 Å². The molecule has 0 aliphatic carbocycles. The number of carboxylic acid groups (broad SMARTS) is 2. The molecule has 7 nitrogen and oxygen atoms in total. The third-order valence-electron chi connectivity index (χ3n) is 0.830. The molecule has 0 heterocycles. The van der Waals surface area contributed by atoms with Gasteiger partial charge < -0.3 is 20.7 Å². The van der Waals surface area contributed by atoms with Crippen LogP contribution < -0.4 is 5.73 Å². The number of hydrogen-bond donors (Lipinski definition) is 3. The molecule has 0 radical (unpaired) electrons. The van der Waals surface area contributed by atoms with Gasteiger partial charge in [0.05, 0.1) is 0 Å². The minimum atomic E-state index is -1.82. The van der Waals surface area contributed by atoms with Gasteiger partial charge in [0.15, 0.2) is 0 Å². The van der Waals surface area contributed by atoms with Crippen molar-refractivity contribution in [3.05, 3.63) is 0 Å². The highest BCUT2D eigenvalue weighted by molar-refractivity contribution is 6.27. The summed E-state index contributed by atoms with van der Waals surface area (Å²) in [6, 6.07) is 0. The summed E-state index contributed by atoms with van der Waals surface area (Å²) in [5, 5.41) is 14.8. The third-order valence-corrected chi connectivity index (χ3v) is 0.830. The SMILES string of the molecule is CC(=O)OCC(C)(C)N.O=C(O)C(=O)O. The quantitative estimate of drug-likeness (QED) is 0.421.